The monoisotopic (exact) mass is 169 g/mol. The summed E-state index contributed by atoms with van der Waals surface area (Å²) >= 11 is 0. The lowest BCUT2D eigenvalue weighted by Gasteiger charge is -2.01. The lowest BCUT2D eigenvalue weighted by Crippen LogP contribution is -1.86. The molecule has 0 unspecified atom stereocenters. The van der Waals surface area contributed by atoms with Crippen molar-refractivity contribution in [2.75, 3.05) is 0 Å². The van der Waals surface area contributed by atoms with Crippen molar-refractivity contribution in [3.63, 3.8) is 0 Å². The van der Waals surface area contributed by atoms with Gasteiger partial charge in [0.15, 0.2) is 0 Å². The Kier molecular flexibility index (Phi) is 2.09. The predicted octanol–water partition coefficient (Wildman–Crippen LogP) is 2.98. The first-order chi connectivity index (χ1) is 6.38. The Bertz CT molecular complexity index is 369. The van der Waals surface area contributed by atoms with E-state index in [-0.39, 0.29) is 0 Å². The summed E-state index contributed by atoms with van der Waals surface area (Å²) in [4.78, 5) is 4.30. The van der Waals surface area contributed by atoms with Crippen LogP contribution in [0.15, 0.2) is 54.3 Å². The van der Waals surface area contributed by atoms with Crippen LogP contribution in [0.2, 0.25) is 0 Å². The molecular weight excluding hydrogens is 158 g/mol. The molecule has 0 saturated carbocycles. The molecule has 0 aliphatic heterocycles. The van der Waals surface area contributed by atoms with Gasteiger partial charge < -0.3 is 0 Å². The molecule has 64 valence electrons. The second-order valence-corrected chi connectivity index (χ2v) is 3.01. The van der Waals surface area contributed by atoms with Crippen molar-refractivity contribution in [3.8, 4) is 0 Å². The van der Waals surface area contributed by atoms with Crippen LogP contribution in [0.5, 0.6) is 0 Å². The van der Waals surface area contributed by atoms with Gasteiger partial charge in [-0.05, 0) is 30.2 Å². The third-order valence-electron chi connectivity index (χ3n) is 2.14. The molecule has 0 atom stereocenters. The van der Waals surface area contributed by atoms with Gasteiger partial charge in [0.25, 0.3) is 0 Å². The topological polar surface area (TPSA) is 12.9 Å². The second-order valence-electron chi connectivity index (χ2n) is 3.01. The van der Waals surface area contributed by atoms with Crippen molar-refractivity contribution in [1.82, 2.24) is 4.98 Å². The van der Waals surface area contributed by atoms with E-state index < -0.39 is 0 Å². The van der Waals surface area contributed by atoms with Crippen LogP contribution in [0.3, 0.4) is 0 Å². The summed E-state index contributed by atoms with van der Waals surface area (Å²) in [5.74, 6) is 0. The third-order valence-corrected chi connectivity index (χ3v) is 2.14. The maximum atomic E-state index is 4.30. The highest BCUT2D eigenvalue weighted by Crippen LogP contribution is 2.20. The quantitative estimate of drug-likeness (QED) is 0.629. The fourth-order valence-electron chi connectivity index (χ4n) is 1.36. The van der Waals surface area contributed by atoms with Crippen LogP contribution < -0.4 is 0 Å². The summed E-state index contributed by atoms with van der Waals surface area (Å²) in [7, 11) is 0. The van der Waals surface area contributed by atoms with Crippen LogP contribution in [0.1, 0.15) is 12.6 Å². The summed E-state index contributed by atoms with van der Waals surface area (Å²) in [6.45, 7) is 2.09. The molecule has 0 fully saturated rings. The van der Waals surface area contributed by atoms with Crippen molar-refractivity contribution in [2.24, 2.45) is 0 Å². The van der Waals surface area contributed by atoms with Crippen LogP contribution >= 0.6 is 0 Å². The van der Waals surface area contributed by atoms with E-state index >= 15 is 0 Å². The molecule has 0 bridgehead atoms. The van der Waals surface area contributed by atoms with Gasteiger partial charge in [0.05, 0.1) is 5.69 Å². The maximum absolute atomic E-state index is 4.30. The summed E-state index contributed by atoms with van der Waals surface area (Å²) in [5, 5.41) is 0. The van der Waals surface area contributed by atoms with Crippen LogP contribution in [-0.4, -0.2) is 4.98 Å². The Morgan fingerprint density at radius 1 is 1.15 bits per heavy atom. The Morgan fingerprint density at radius 3 is 2.54 bits per heavy atom. The molecule has 0 aromatic carbocycles. The van der Waals surface area contributed by atoms with Gasteiger partial charge in [-0.2, -0.15) is 0 Å². The number of pyridine rings is 1. The number of nitrogens with zero attached hydrogens (tertiary/aromatic N) is 1. The number of rotatable bonds is 1. The third kappa shape index (κ3) is 1.59. The van der Waals surface area contributed by atoms with Crippen LogP contribution in [0.4, 0.5) is 0 Å². The molecule has 1 aliphatic carbocycles. The van der Waals surface area contributed by atoms with Gasteiger partial charge in [0.2, 0.25) is 0 Å². The minimum Gasteiger partial charge on any atom is -0.257 e. The zero-order valence-corrected chi connectivity index (χ0v) is 7.57. The first-order valence-corrected chi connectivity index (χ1v) is 4.35. The maximum Gasteiger partial charge on any atom is 0.0664 e. The van der Waals surface area contributed by atoms with Crippen molar-refractivity contribution >= 4 is 5.57 Å². The van der Waals surface area contributed by atoms with Crippen molar-refractivity contribution in [2.45, 2.75) is 6.92 Å². The first kappa shape index (κ1) is 7.99. The highest BCUT2D eigenvalue weighted by atomic mass is 14.7. The molecular formula is C12H11N. The minimum atomic E-state index is 1.05. The van der Waals surface area contributed by atoms with Gasteiger partial charge in [-0.3, -0.25) is 4.98 Å². The molecule has 0 saturated heterocycles. The number of allylic oxidation sites excluding steroid dienone is 6. The van der Waals surface area contributed by atoms with E-state index in [9.17, 15) is 0 Å². The molecule has 1 nitrogen and oxygen atoms in total. The molecule has 0 spiro atoms. The van der Waals surface area contributed by atoms with E-state index in [0.29, 0.717) is 0 Å². The second kappa shape index (κ2) is 3.40. The molecule has 1 heterocycles. The van der Waals surface area contributed by atoms with E-state index in [1.807, 2.05) is 36.5 Å². The van der Waals surface area contributed by atoms with Crippen LogP contribution in [0, 0.1) is 0 Å². The van der Waals surface area contributed by atoms with E-state index in [1.165, 1.54) is 11.1 Å². The smallest absolute Gasteiger partial charge is 0.0664 e. The van der Waals surface area contributed by atoms with Crippen LogP contribution in [0.25, 0.3) is 5.57 Å². The average molecular weight is 169 g/mol. The van der Waals surface area contributed by atoms with E-state index in [4.69, 9.17) is 0 Å². The predicted molar refractivity (Wildman–Crippen MR) is 55.1 cm³/mol. The summed E-state index contributed by atoms with van der Waals surface area (Å²) in [6, 6.07) is 5.97. The highest BCUT2D eigenvalue weighted by molar-refractivity contribution is 5.71. The standard InChI is InChI=1S/C12H11N/c1-10(11-6-2-3-7-11)12-8-4-5-9-13-12/h2-9H,1H3. The Hall–Kier alpha value is -1.63. The molecule has 2 rings (SSSR count). The number of aromatic nitrogens is 1. The van der Waals surface area contributed by atoms with Crippen LogP contribution in [-0.2, 0) is 0 Å². The van der Waals surface area contributed by atoms with Crippen molar-refractivity contribution < 1.29 is 0 Å². The van der Waals surface area contributed by atoms with Gasteiger partial charge in [-0.1, -0.05) is 30.4 Å². The summed E-state index contributed by atoms with van der Waals surface area (Å²) in [5.41, 5.74) is 3.53. The Balaban J connectivity index is 2.43. The lowest BCUT2D eigenvalue weighted by atomic mass is 10.1. The highest BCUT2D eigenvalue weighted by Gasteiger charge is 2.01. The molecule has 1 heteroatoms. The number of hydrogen-bond donors (Lipinski definition) is 0. The fourth-order valence-corrected chi connectivity index (χ4v) is 1.36. The van der Waals surface area contributed by atoms with Gasteiger partial charge in [-0.15, -0.1) is 0 Å². The van der Waals surface area contributed by atoms with Gasteiger partial charge in [-0.25, -0.2) is 0 Å². The summed E-state index contributed by atoms with van der Waals surface area (Å²) in [6.07, 6.45) is 10.1. The molecule has 13 heavy (non-hydrogen) atoms. The first-order valence-electron chi connectivity index (χ1n) is 4.35. The minimum absolute atomic E-state index is 1.05. The summed E-state index contributed by atoms with van der Waals surface area (Å²) < 4.78 is 0. The van der Waals surface area contributed by atoms with E-state index in [2.05, 4.69) is 24.1 Å². The average Bonchev–Trinajstić information content (AvgIpc) is 2.71. The fraction of sp³-hybridized carbons (Fsp3) is 0.0833. The lowest BCUT2D eigenvalue weighted by molar-refractivity contribution is 1.26. The zero-order valence-electron chi connectivity index (χ0n) is 7.57. The largest absolute Gasteiger partial charge is 0.257 e. The SMILES string of the molecule is CC(=C1C=CC=C1)c1ccccn1. The van der Waals surface area contributed by atoms with E-state index in [0.717, 1.165) is 5.69 Å². The molecule has 1 aromatic rings. The van der Waals surface area contributed by atoms with Gasteiger partial charge in [0.1, 0.15) is 0 Å². The Labute approximate surface area is 78.1 Å². The molecule has 0 amide bonds. The van der Waals surface area contributed by atoms with E-state index in [1.54, 1.807) is 0 Å². The molecule has 0 N–H and O–H groups in total. The van der Waals surface area contributed by atoms with Gasteiger partial charge >= 0.3 is 0 Å². The molecule has 1 aromatic heterocycles. The van der Waals surface area contributed by atoms with Crippen molar-refractivity contribution in [1.29, 1.82) is 0 Å². The zero-order chi connectivity index (χ0) is 9.10. The van der Waals surface area contributed by atoms with Gasteiger partial charge in [0, 0.05) is 6.20 Å². The number of hydrogen-bond acceptors (Lipinski definition) is 1. The molecule has 0 radical (unpaired) electrons. The van der Waals surface area contributed by atoms with Crippen molar-refractivity contribution in [3.05, 3.63) is 60.0 Å². The Morgan fingerprint density at radius 2 is 1.92 bits per heavy atom. The normalized spacial score (nSPS) is 13.8. The molecule has 1 aliphatic rings.